The monoisotopic (exact) mass is 235 g/mol. The number of sulfonamides is 1. The average molecular weight is 235 g/mol. The third-order valence-corrected chi connectivity index (χ3v) is 4.33. The van der Waals surface area contributed by atoms with E-state index in [4.69, 9.17) is 5.73 Å². The highest BCUT2D eigenvalue weighted by Gasteiger charge is 2.29. The number of rotatable bonds is 4. The quantitative estimate of drug-likeness (QED) is 0.638. The van der Waals surface area contributed by atoms with Gasteiger partial charge >= 0.3 is 0 Å². The first-order chi connectivity index (χ1) is 6.84. The van der Waals surface area contributed by atoms with Crippen molar-refractivity contribution in [1.29, 1.82) is 0 Å². The fourth-order valence-electron chi connectivity index (χ4n) is 1.39. The zero-order valence-corrected chi connectivity index (χ0v) is 9.83. The Bertz CT molecular complexity index is 339. The molecule has 0 bridgehead atoms. The van der Waals surface area contributed by atoms with Gasteiger partial charge in [0.15, 0.2) is 0 Å². The van der Waals surface area contributed by atoms with E-state index in [1.807, 2.05) is 0 Å². The van der Waals surface area contributed by atoms with E-state index in [2.05, 4.69) is 0 Å². The first kappa shape index (κ1) is 12.4. The van der Waals surface area contributed by atoms with Crippen LogP contribution in [-0.4, -0.2) is 62.5 Å². The van der Waals surface area contributed by atoms with Crippen molar-refractivity contribution in [2.75, 3.05) is 32.9 Å². The number of carbonyl (C=O) groups is 1. The molecule has 1 saturated heterocycles. The maximum Gasteiger partial charge on any atom is 0.239 e. The van der Waals surface area contributed by atoms with Gasteiger partial charge in [-0.3, -0.25) is 4.79 Å². The van der Waals surface area contributed by atoms with Crippen LogP contribution in [-0.2, 0) is 14.8 Å². The van der Waals surface area contributed by atoms with Gasteiger partial charge in [0, 0.05) is 27.2 Å². The molecule has 1 atom stereocenters. The molecule has 88 valence electrons. The van der Waals surface area contributed by atoms with Crippen LogP contribution < -0.4 is 5.73 Å². The molecule has 0 aromatic rings. The van der Waals surface area contributed by atoms with Gasteiger partial charge in [0.1, 0.15) is 0 Å². The standard InChI is InChI=1S/C8H17N3O3S/c1-10(2)15(13,14)6-5-11-4-3-7(9)8(11)12/h7H,3-6,9H2,1-2H3. The first-order valence-electron chi connectivity index (χ1n) is 4.79. The fraction of sp³-hybridized carbons (Fsp3) is 0.875. The molecular weight excluding hydrogens is 218 g/mol. The third-order valence-electron chi connectivity index (χ3n) is 2.51. The molecule has 0 radical (unpaired) electrons. The van der Waals surface area contributed by atoms with Crippen molar-refractivity contribution in [2.24, 2.45) is 5.73 Å². The van der Waals surface area contributed by atoms with Gasteiger partial charge in [-0.25, -0.2) is 12.7 Å². The Balaban J connectivity index is 2.49. The molecule has 0 spiro atoms. The Morgan fingerprint density at radius 2 is 2.13 bits per heavy atom. The molecule has 7 heteroatoms. The summed E-state index contributed by atoms with van der Waals surface area (Å²) < 4.78 is 24.0. The number of likely N-dealkylation sites (tertiary alicyclic amines) is 1. The second kappa shape index (κ2) is 4.46. The number of nitrogens with two attached hydrogens (primary N) is 1. The molecule has 1 aliphatic rings. The minimum absolute atomic E-state index is 0.0432. The van der Waals surface area contributed by atoms with Crippen molar-refractivity contribution in [1.82, 2.24) is 9.21 Å². The molecule has 1 rings (SSSR count). The smallest absolute Gasteiger partial charge is 0.239 e. The van der Waals surface area contributed by atoms with E-state index in [-0.39, 0.29) is 18.2 Å². The second-order valence-corrected chi connectivity index (χ2v) is 6.12. The largest absolute Gasteiger partial charge is 0.340 e. The summed E-state index contributed by atoms with van der Waals surface area (Å²) in [6.07, 6.45) is 0.612. The zero-order valence-electron chi connectivity index (χ0n) is 9.01. The molecule has 1 amide bonds. The van der Waals surface area contributed by atoms with Gasteiger partial charge in [0.2, 0.25) is 15.9 Å². The fourth-order valence-corrected chi connectivity index (χ4v) is 2.21. The van der Waals surface area contributed by atoms with E-state index in [1.54, 1.807) is 0 Å². The van der Waals surface area contributed by atoms with Crippen molar-refractivity contribution in [2.45, 2.75) is 12.5 Å². The Morgan fingerprint density at radius 3 is 2.53 bits per heavy atom. The molecular formula is C8H17N3O3S. The second-order valence-electron chi connectivity index (χ2n) is 3.82. The van der Waals surface area contributed by atoms with E-state index in [9.17, 15) is 13.2 Å². The van der Waals surface area contributed by atoms with Crippen molar-refractivity contribution >= 4 is 15.9 Å². The third kappa shape index (κ3) is 2.90. The highest BCUT2D eigenvalue weighted by Crippen LogP contribution is 2.09. The van der Waals surface area contributed by atoms with Crippen LogP contribution in [0.1, 0.15) is 6.42 Å². The summed E-state index contributed by atoms with van der Waals surface area (Å²) in [6.45, 7) is 0.788. The van der Waals surface area contributed by atoms with Crippen LogP contribution in [0.2, 0.25) is 0 Å². The molecule has 0 aromatic carbocycles. The highest BCUT2D eigenvalue weighted by atomic mass is 32.2. The van der Waals surface area contributed by atoms with Crippen LogP contribution in [0, 0.1) is 0 Å². The molecule has 1 aliphatic heterocycles. The maximum atomic E-state index is 11.4. The van der Waals surface area contributed by atoms with Crippen LogP contribution in [0.3, 0.4) is 0 Å². The van der Waals surface area contributed by atoms with Crippen LogP contribution in [0.25, 0.3) is 0 Å². The lowest BCUT2D eigenvalue weighted by molar-refractivity contribution is -0.128. The SMILES string of the molecule is CN(C)S(=O)(=O)CCN1CCC(N)C1=O. The topological polar surface area (TPSA) is 83.7 Å². The molecule has 1 heterocycles. The molecule has 6 nitrogen and oxygen atoms in total. The Hall–Kier alpha value is -0.660. The lowest BCUT2D eigenvalue weighted by Crippen LogP contribution is -2.38. The maximum absolute atomic E-state index is 11.4. The molecule has 0 saturated carbocycles. The number of hydrogen-bond acceptors (Lipinski definition) is 4. The molecule has 15 heavy (non-hydrogen) atoms. The van der Waals surface area contributed by atoms with E-state index in [0.29, 0.717) is 13.0 Å². The Kier molecular flexibility index (Phi) is 3.69. The summed E-state index contributed by atoms with van der Waals surface area (Å²) in [5.74, 6) is -0.192. The molecule has 0 aromatic heterocycles. The van der Waals surface area contributed by atoms with Gasteiger partial charge in [-0.15, -0.1) is 0 Å². The summed E-state index contributed by atoms with van der Waals surface area (Å²) in [7, 11) is -0.270. The zero-order chi connectivity index (χ0) is 11.6. The van der Waals surface area contributed by atoms with Gasteiger partial charge in [-0.1, -0.05) is 0 Å². The van der Waals surface area contributed by atoms with Crippen molar-refractivity contribution in [3.8, 4) is 0 Å². The van der Waals surface area contributed by atoms with Gasteiger partial charge in [0.25, 0.3) is 0 Å². The summed E-state index contributed by atoms with van der Waals surface area (Å²) >= 11 is 0. The number of hydrogen-bond donors (Lipinski definition) is 1. The van der Waals surface area contributed by atoms with Gasteiger partial charge in [-0.2, -0.15) is 0 Å². The molecule has 1 unspecified atom stereocenters. The van der Waals surface area contributed by atoms with Crippen molar-refractivity contribution in [3.05, 3.63) is 0 Å². The van der Waals surface area contributed by atoms with E-state index in [0.717, 1.165) is 4.31 Å². The molecule has 1 fully saturated rings. The van der Waals surface area contributed by atoms with Crippen LogP contribution in [0.15, 0.2) is 0 Å². The Morgan fingerprint density at radius 1 is 1.53 bits per heavy atom. The Labute approximate surface area is 90.1 Å². The summed E-state index contributed by atoms with van der Waals surface area (Å²) in [5.41, 5.74) is 5.52. The minimum Gasteiger partial charge on any atom is -0.340 e. The lowest BCUT2D eigenvalue weighted by atomic mass is 10.3. The van der Waals surface area contributed by atoms with Crippen LogP contribution in [0.5, 0.6) is 0 Å². The molecule has 2 N–H and O–H groups in total. The van der Waals surface area contributed by atoms with Crippen molar-refractivity contribution < 1.29 is 13.2 Å². The lowest BCUT2D eigenvalue weighted by Gasteiger charge is -2.17. The van der Waals surface area contributed by atoms with E-state index < -0.39 is 16.1 Å². The van der Waals surface area contributed by atoms with Gasteiger partial charge in [0.05, 0.1) is 11.8 Å². The van der Waals surface area contributed by atoms with Crippen LogP contribution in [0.4, 0.5) is 0 Å². The van der Waals surface area contributed by atoms with E-state index >= 15 is 0 Å². The highest BCUT2D eigenvalue weighted by molar-refractivity contribution is 7.89. The summed E-state index contributed by atoms with van der Waals surface area (Å²) in [5, 5.41) is 0. The first-order valence-corrected chi connectivity index (χ1v) is 6.40. The van der Waals surface area contributed by atoms with Gasteiger partial charge < -0.3 is 10.6 Å². The average Bonchev–Trinajstić information content (AvgIpc) is 2.45. The van der Waals surface area contributed by atoms with E-state index in [1.165, 1.54) is 19.0 Å². The van der Waals surface area contributed by atoms with Crippen LogP contribution >= 0.6 is 0 Å². The summed E-state index contributed by atoms with van der Waals surface area (Å²) in [4.78, 5) is 12.9. The predicted molar refractivity (Wildman–Crippen MR) is 56.6 cm³/mol. The summed E-state index contributed by atoms with van der Waals surface area (Å²) in [6, 6.07) is -0.452. The number of amides is 1. The number of carbonyl (C=O) groups excluding carboxylic acids is 1. The molecule has 0 aliphatic carbocycles. The number of nitrogens with zero attached hydrogens (tertiary/aromatic N) is 2. The van der Waals surface area contributed by atoms with Gasteiger partial charge in [-0.05, 0) is 6.42 Å². The van der Waals surface area contributed by atoms with Crippen molar-refractivity contribution in [3.63, 3.8) is 0 Å². The normalized spacial score (nSPS) is 22.8. The minimum atomic E-state index is -3.23. The predicted octanol–water partition coefficient (Wildman–Crippen LogP) is -1.56.